The average Bonchev–Trinajstić information content (AvgIpc) is 2.91. The number of aryl methyl sites for hydroxylation is 1. The Morgan fingerprint density at radius 2 is 2.16 bits per heavy atom. The second-order valence-corrected chi connectivity index (χ2v) is 7.17. The van der Waals surface area contributed by atoms with E-state index in [-0.39, 0.29) is 0 Å². The van der Waals surface area contributed by atoms with Crippen LogP contribution in [-0.2, 0) is 13.0 Å². The van der Waals surface area contributed by atoms with Gasteiger partial charge in [-0.1, -0.05) is 27.7 Å². The minimum Gasteiger partial charge on any atom is -0.351 e. The second kappa shape index (κ2) is 6.23. The fourth-order valence-electron chi connectivity index (χ4n) is 2.33. The third kappa shape index (κ3) is 3.93. The first-order chi connectivity index (χ1) is 9.01. The summed E-state index contributed by atoms with van der Waals surface area (Å²) in [5.41, 5.74) is 1.27. The van der Waals surface area contributed by atoms with E-state index in [1.165, 1.54) is 22.1 Å². The van der Waals surface area contributed by atoms with Crippen molar-refractivity contribution < 1.29 is 0 Å². The summed E-state index contributed by atoms with van der Waals surface area (Å²) in [6, 6.07) is 0.528. The van der Waals surface area contributed by atoms with Crippen LogP contribution >= 0.6 is 11.3 Å². The van der Waals surface area contributed by atoms with E-state index in [1.807, 2.05) is 11.3 Å². The van der Waals surface area contributed by atoms with Crippen LogP contribution in [0.5, 0.6) is 0 Å². The van der Waals surface area contributed by atoms with Crippen molar-refractivity contribution in [3.63, 3.8) is 0 Å². The Bertz CT molecular complexity index is 414. The number of aromatic nitrogens is 1. The standard InChI is InChI=1S/C15H27N3S/c1-6-13-14(8-16-10(2)3)19-15(17-13)18(5)9-12-7-11(12)4/h10-12,16H,6-9H2,1-5H3. The molecule has 0 aliphatic heterocycles. The maximum atomic E-state index is 4.82. The number of nitrogens with one attached hydrogen (secondary N) is 1. The molecule has 0 saturated heterocycles. The molecular weight excluding hydrogens is 254 g/mol. The van der Waals surface area contributed by atoms with Gasteiger partial charge in [0.15, 0.2) is 5.13 Å². The quantitative estimate of drug-likeness (QED) is 0.831. The molecule has 4 heteroatoms. The van der Waals surface area contributed by atoms with Gasteiger partial charge < -0.3 is 10.2 Å². The Kier molecular flexibility index (Phi) is 4.85. The van der Waals surface area contributed by atoms with Crippen molar-refractivity contribution in [3.05, 3.63) is 10.6 Å². The van der Waals surface area contributed by atoms with Crippen LogP contribution in [0, 0.1) is 11.8 Å². The Balaban J connectivity index is 2.00. The molecule has 0 aromatic carbocycles. The highest BCUT2D eigenvalue weighted by Crippen LogP contribution is 2.39. The first-order valence-electron chi connectivity index (χ1n) is 7.44. The highest BCUT2D eigenvalue weighted by molar-refractivity contribution is 7.15. The SMILES string of the molecule is CCc1nc(N(C)CC2CC2C)sc1CNC(C)C. The Labute approximate surface area is 121 Å². The minimum atomic E-state index is 0.528. The summed E-state index contributed by atoms with van der Waals surface area (Å²) in [6.45, 7) is 11.0. The summed E-state index contributed by atoms with van der Waals surface area (Å²) in [4.78, 5) is 8.57. The van der Waals surface area contributed by atoms with Crippen molar-refractivity contribution in [1.82, 2.24) is 10.3 Å². The van der Waals surface area contributed by atoms with E-state index in [9.17, 15) is 0 Å². The number of rotatable bonds is 7. The summed E-state index contributed by atoms with van der Waals surface area (Å²) < 4.78 is 0. The first kappa shape index (κ1) is 14.8. The van der Waals surface area contributed by atoms with Crippen molar-refractivity contribution in [2.24, 2.45) is 11.8 Å². The molecule has 1 N–H and O–H groups in total. The largest absolute Gasteiger partial charge is 0.351 e. The predicted octanol–water partition coefficient (Wildman–Crippen LogP) is 3.30. The number of anilines is 1. The van der Waals surface area contributed by atoms with Crippen LogP contribution in [-0.4, -0.2) is 24.6 Å². The summed E-state index contributed by atoms with van der Waals surface area (Å²) >= 11 is 1.86. The van der Waals surface area contributed by atoms with Gasteiger partial charge in [0, 0.05) is 31.1 Å². The van der Waals surface area contributed by atoms with Crippen LogP contribution in [0.25, 0.3) is 0 Å². The molecule has 1 aromatic heterocycles. The zero-order chi connectivity index (χ0) is 14.0. The van der Waals surface area contributed by atoms with Crippen LogP contribution in [0.2, 0.25) is 0 Å². The highest BCUT2D eigenvalue weighted by Gasteiger charge is 2.33. The van der Waals surface area contributed by atoms with Crippen LogP contribution in [0.4, 0.5) is 5.13 Å². The maximum Gasteiger partial charge on any atom is 0.185 e. The van der Waals surface area contributed by atoms with Crippen molar-refractivity contribution in [3.8, 4) is 0 Å². The lowest BCUT2D eigenvalue weighted by molar-refractivity contribution is 0.590. The van der Waals surface area contributed by atoms with E-state index in [4.69, 9.17) is 4.98 Å². The monoisotopic (exact) mass is 281 g/mol. The van der Waals surface area contributed by atoms with E-state index in [0.717, 1.165) is 31.3 Å². The number of hydrogen-bond acceptors (Lipinski definition) is 4. The molecule has 1 aliphatic carbocycles. The van der Waals surface area contributed by atoms with Gasteiger partial charge >= 0.3 is 0 Å². The topological polar surface area (TPSA) is 28.2 Å². The average molecular weight is 281 g/mol. The number of hydrogen-bond donors (Lipinski definition) is 1. The van der Waals surface area contributed by atoms with Gasteiger partial charge in [0.2, 0.25) is 0 Å². The zero-order valence-electron chi connectivity index (χ0n) is 12.9. The fraction of sp³-hybridized carbons (Fsp3) is 0.800. The van der Waals surface area contributed by atoms with Gasteiger partial charge in [-0.05, 0) is 24.7 Å². The predicted molar refractivity (Wildman–Crippen MR) is 84.0 cm³/mol. The number of nitrogens with zero attached hydrogens (tertiary/aromatic N) is 2. The molecule has 0 bridgehead atoms. The normalized spacial score (nSPS) is 22.0. The summed E-state index contributed by atoms with van der Waals surface area (Å²) in [5.74, 6) is 1.80. The summed E-state index contributed by atoms with van der Waals surface area (Å²) in [7, 11) is 2.18. The van der Waals surface area contributed by atoms with Gasteiger partial charge in [0.25, 0.3) is 0 Å². The maximum absolute atomic E-state index is 4.82. The Morgan fingerprint density at radius 3 is 2.68 bits per heavy atom. The second-order valence-electron chi connectivity index (χ2n) is 6.11. The Morgan fingerprint density at radius 1 is 1.47 bits per heavy atom. The molecule has 3 nitrogen and oxygen atoms in total. The third-order valence-electron chi connectivity index (χ3n) is 3.88. The molecule has 0 radical (unpaired) electrons. The van der Waals surface area contributed by atoms with E-state index >= 15 is 0 Å². The molecule has 0 spiro atoms. The van der Waals surface area contributed by atoms with Gasteiger partial charge in [-0.15, -0.1) is 11.3 Å². The molecule has 2 atom stereocenters. The Hall–Kier alpha value is -0.610. The van der Waals surface area contributed by atoms with E-state index in [1.54, 1.807) is 0 Å². The van der Waals surface area contributed by atoms with Crippen LogP contribution in [0.1, 0.15) is 44.7 Å². The van der Waals surface area contributed by atoms with E-state index in [2.05, 4.69) is 45.0 Å². The smallest absolute Gasteiger partial charge is 0.185 e. The van der Waals surface area contributed by atoms with Crippen molar-refractivity contribution in [2.45, 2.75) is 53.1 Å². The highest BCUT2D eigenvalue weighted by atomic mass is 32.1. The van der Waals surface area contributed by atoms with Crippen LogP contribution < -0.4 is 10.2 Å². The van der Waals surface area contributed by atoms with Gasteiger partial charge in [-0.3, -0.25) is 0 Å². The molecule has 1 heterocycles. The molecule has 1 fully saturated rings. The van der Waals surface area contributed by atoms with Crippen molar-refractivity contribution in [1.29, 1.82) is 0 Å². The van der Waals surface area contributed by atoms with Crippen LogP contribution in [0.3, 0.4) is 0 Å². The molecule has 2 unspecified atom stereocenters. The zero-order valence-corrected chi connectivity index (χ0v) is 13.7. The van der Waals surface area contributed by atoms with Gasteiger partial charge in [-0.2, -0.15) is 0 Å². The lowest BCUT2D eigenvalue weighted by Gasteiger charge is -2.15. The molecule has 19 heavy (non-hydrogen) atoms. The van der Waals surface area contributed by atoms with Gasteiger partial charge in [-0.25, -0.2) is 4.98 Å². The van der Waals surface area contributed by atoms with E-state index in [0.29, 0.717) is 6.04 Å². The summed E-state index contributed by atoms with van der Waals surface area (Å²) in [5, 5.41) is 4.69. The first-order valence-corrected chi connectivity index (χ1v) is 8.26. The van der Waals surface area contributed by atoms with Crippen molar-refractivity contribution in [2.75, 3.05) is 18.5 Å². The lowest BCUT2D eigenvalue weighted by atomic mass is 10.3. The molecule has 1 aliphatic rings. The molecular formula is C15H27N3S. The molecule has 2 rings (SSSR count). The lowest BCUT2D eigenvalue weighted by Crippen LogP contribution is -2.21. The van der Waals surface area contributed by atoms with Gasteiger partial charge in [0.1, 0.15) is 0 Å². The molecule has 1 saturated carbocycles. The summed E-state index contributed by atoms with van der Waals surface area (Å²) in [6.07, 6.45) is 2.41. The fourth-order valence-corrected chi connectivity index (χ4v) is 3.40. The van der Waals surface area contributed by atoms with Crippen molar-refractivity contribution >= 4 is 16.5 Å². The molecule has 0 amide bonds. The third-order valence-corrected chi connectivity index (χ3v) is 5.10. The number of thiazole rings is 1. The van der Waals surface area contributed by atoms with Gasteiger partial charge in [0.05, 0.1) is 5.69 Å². The minimum absolute atomic E-state index is 0.528. The van der Waals surface area contributed by atoms with E-state index < -0.39 is 0 Å². The molecule has 1 aromatic rings. The molecule has 108 valence electrons. The van der Waals surface area contributed by atoms with Crippen LogP contribution in [0.15, 0.2) is 0 Å².